The highest BCUT2D eigenvalue weighted by Gasteiger charge is 2.45. The lowest BCUT2D eigenvalue weighted by atomic mass is 9.75. The van der Waals surface area contributed by atoms with Gasteiger partial charge in [0.05, 0.1) is 14.2 Å². The molecule has 3 atom stereocenters. The van der Waals surface area contributed by atoms with Crippen LogP contribution in [-0.4, -0.2) is 31.9 Å². The topological polar surface area (TPSA) is 66.4 Å². The third-order valence-electron chi connectivity index (χ3n) is 5.27. The Morgan fingerprint density at radius 2 is 1.77 bits per heavy atom. The van der Waals surface area contributed by atoms with Crippen molar-refractivity contribution in [3.63, 3.8) is 0 Å². The minimum absolute atomic E-state index is 0.173. The van der Waals surface area contributed by atoms with E-state index in [9.17, 15) is 5.11 Å². The summed E-state index contributed by atoms with van der Waals surface area (Å²) in [4.78, 5) is 0. The number of benzene rings is 2. The van der Waals surface area contributed by atoms with Crippen LogP contribution in [0.1, 0.15) is 30.9 Å². The SMILES string of the molecule is COc1cccc(C2c3cc4c(cc3OC(C)(O)C2C)OCO4)c1OC. The van der Waals surface area contributed by atoms with Gasteiger partial charge < -0.3 is 28.8 Å². The molecule has 2 aliphatic heterocycles. The molecule has 4 rings (SSSR count). The average molecular weight is 358 g/mol. The molecule has 0 radical (unpaired) electrons. The van der Waals surface area contributed by atoms with E-state index in [2.05, 4.69) is 0 Å². The lowest BCUT2D eigenvalue weighted by Gasteiger charge is -2.42. The van der Waals surface area contributed by atoms with E-state index in [0.29, 0.717) is 28.7 Å². The first-order valence-corrected chi connectivity index (χ1v) is 8.52. The van der Waals surface area contributed by atoms with E-state index in [0.717, 1.165) is 11.1 Å². The van der Waals surface area contributed by atoms with Crippen LogP contribution in [0.4, 0.5) is 0 Å². The van der Waals surface area contributed by atoms with Gasteiger partial charge in [-0.2, -0.15) is 0 Å². The molecule has 0 aliphatic carbocycles. The number of rotatable bonds is 3. The van der Waals surface area contributed by atoms with Gasteiger partial charge in [-0.3, -0.25) is 0 Å². The maximum atomic E-state index is 10.9. The van der Waals surface area contributed by atoms with Gasteiger partial charge in [0.25, 0.3) is 0 Å². The molecule has 0 amide bonds. The van der Waals surface area contributed by atoms with Crippen LogP contribution >= 0.6 is 0 Å². The summed E-state index contributed by atoms with van der Waals surface area (Å²) >= 11 is 0. The number of aliphatic hydroxyl groups is 1. The summed E-state index contributed by atoms with van der Waals surface area (Å²) in [6.07, 6.45) is 0. The van der Waals surface area contributed by atoms with Gasteiger partial charge in [0, 0.05) is 36.0 Å². The van der Waals surface area contributed by atoms with E-state index in [-0.39, 0.29) is 18.6 Å². The maximum Gasteiger partial charge on any atom is 0.231 e. The maximum absolute atomic E-state index is 10.9. The van der Waals surface area contributed by atoms with Gasteiger partial charge in [-0.05, 0) is 12.1 Å². The zero-order valence-corrected chi connectivity index (χ0v) is 15.2. The zero-order chi connectivity index (χ0) is 18.5. The van der Waals surface area contributed by atoms with Crippen molar-refractivity contribution in [3.8, 4) is 28.7 Å². The first kappa shape index (κ1) is 16.8. The van der Waals surface area contributed by atoms with Gasteiger partial charge in [0.15, 0.2) is 23.0 Å². The molecule has 26 heavy (non-hydrogen) atoms. The molecule has 2 aromatic rings. The van der Waals surface area contributed by atoms with Crippen molar-refractivity contribution in [1.82, 2.24) is 0 Å². The van der Waals surface area contributed by atoms with E-state index in [1.165, 1.54) is 0 Å². The van der Waals surface area contributed by atoms with E-state index >= 15 is 0 Å². The van der Waals surface area contributed by atoms with Crippen molar-refractivity contribution in [2.45, 2.75) is 25.6 Å². The Kier molecular flexibility index (Phi) is 3.88. The van der Waals surface area contributed by atoms with Crippen molar-refractivity contribution in [3.05, 3.63) is 41.5 Å². The third-order valence-corrected chi connectivity index (χ3v) is 5.27. The van der Waals surface area contributed by atoms with Gasteiger partial charge in [0.2, 0.25) is 12.6 Å². The second-order valence-electron chi connectivity index (χ2n) is 6.75. The van der Waals surface area contributed by atoms with E-state index in [1.54, 1.807) is 27.2 Å². The first-order valence-electron chi connectivity index (χ1n) is 8.52. The fourth-order valence-electron chi connectivity index (χ4n) is 3.76. The summed E-state index contributed by atoms with van der Waals surface area (Å²) < 4.78 is 28.0. The Morgan fingerprint density at radius 3 is 2.46 bits per heavy atom. The standard InChI is InChI=1S/C20H22O6/c1-11-18(12-6-5-7-14(22-3)19(12)23-4)13-8-16-17(25-10-24-16)9-15(13)26-20(11,2)21/h5-9,11,18,21H,10H2,1-4H3. The van der Waals surface area contributed by atoms with Crippen LogP contribution in [-0.2, 0) is 0 Å². The Hall–Kier alpha value is -2.60. The third kappa shape index (κ3) is 2.44. The number of methoxy groups -OCH3 is 2. The molecule has 0 fully saturated rings. The summed E-state index contributed by atoms with van der Waals surface area (Å²) in [7, 11) is 3.22. The molecular weight excluding hydrogens is 336 g/mol. The summed E-state index contributed by atoms with van der Waals surface area (Å²) in [5.41, 5.74) is 1.84. The average Bonchev–Trinajstić information content (AvgIpc) is 3.07. The quantitative estimate of drug-likeness (QED) is 0.908. The molecule has 0 saturated carbocycles. The summed E-state index contributed by atoms with van der Waals surface area (Å²) in [5.74, 6) is 1.40. The first-order chi connectivity index (χ1) is 12.5. The largest absolute Gasteiger partial charge is 0.493 e. The molecule has 2 aromatic carbocycles. The van der Waals surface area contributed by atoms with Crippen molar-refractivity contribution >= 4 is 0 Å². The molecule has 6 nitrogen and oxygen atoms in total. The van der Waals surface area contributed by atoms with Crippen molar-refractivity contribution < 1.29 is 28.8 Å². The summed E-state index contributed by atoms with van der Waals surface area (Å²) in [6, 6.07) is 9.45. The zero-order valence-electron chi connectivity index (χ0n) is 15.2. The Balaban J connectivity index is 1.94. The number of hydrogen-bond donors (Lipinski definition) is 1. The molecule has 1 N–H and O–H groups in total. The summed E-state index contributed by atoms with van der Waals surface area (Å²) in [5, 5.41) is 10.9. The minimum Gasteiger partial charge on any atom is -0.493 e. The molecule has 0 bridgehead atoms. The van der Waals surface area contributed by atoms with Crippen LogP contribution in [0.5, 0.6) is 28.7 Å². The fourth-order valence-corrected chi connectivity index (χ4v) is 3.76. The smallest absolute Gasteiger partial charge is 0.231 e. The van der Waals surface area contributed by atoms with Crippen LogP contribution in [0.2, 0.25) is 0 Å². The van der Waals surface area contributed by atoms with Gasteiger partial charge in [0.1, 0.15) is 5.75 Å². The minimum atomic E-state index is -1.35. The van der Waals surface area contributed by atoms with Crippen molar-refractivity contribution in [1.29, 1.82) is 0 Å². The predicted molar refractivity (Wildman–Crippen MR) is 94.4 cm³/mol. The number of ether oxygens (including phenoxy) is 5. The molecule has 0 aromatic heterocycles. The molecule has 0 saturated heterocycles. The Bertz CT molecular complexity index is 844. The molecule has 2 aliphatic rings. The number of para-hydroxylation sites is 1. The van der Waals surface area contributed by atoms with Crippen LogP contribution in [0.15, 0.2) is 30.3 Å². The van der Waals surface area contributed by atoms with Crippen LogP contribution in [0.3, 0.4) is 0 Å². The van der Waals surface area contributed by atoms with E-state index in [1.807, 2.05) is 31.2 Å². The van der Waals surface area contributed by atoms with Crippen LogP contribution < -0.4 is 23.7 Å². The highest BCUT2D eigenvalue weighted by atomic mass is 16.7. The molecule has 2 heterocycles. The fraction of sp³-hybridized carbons (Fsp3) is 0.400. The molecule has 138 valence electrons. The molecule has 6 heteroatoms. The van der Waals surface area contributed by atoms with Gasteiger partial charge in [-0.15, -0.1) is 0 Å². The Labute approximate surface area is 152 Å². The monoisotopic (exact) mass is 358 g/mol. The van der Waals surface area contributed by atoms with Crippen molar-refractivity contribution in [2.24, 2.45) is 5.92 Å². The highest BCUT2D eigenvalue weighted by molar-refractivity contribution is 5.59. The second kappa shape index (κ2) is 5.99. The molecule has 0 spiro atoms. The lowest BCUT2D eigenvalue weighted by Crippen LogP contribution is -2.45. The molecular formula is C20H22O6. The Morgan fingerprint density at radius 1 is 1.04 bits per heavy atom. The van der Waals surface area contributed by atoms with Crippen LogP contribution in [0, 0.1) is 5.92 Å². The second-order valence-corrected chi connectivity index (χ2v) is 6.75. The van der Waals surface area contributed by atoms with Gasteiger partial charge >= 0.3 is 0 Å². The highest BCUT2D eigenvalue weighted by Crippen LogP contribution is 2.53. The number of fused-ring (bicyclic) bond motifs is 2. The van der Waals surface area contributed by atoms with E-state index < -0.39 is 5.79 Å². The van der Waals surface area contributed by atoms with E-state index in [4.69, 9.17) is 23.7 Å². The van der Waals surface area contributed by atoms with Crippen LogP contribution in [0.25, 0.3) is 0 Å². The molecule has 3 unspecified atom stereocenters. The lowest BCUT2D eigenvalue weighted by molar-refractivity contribution is -0.171. The normalized spacial score (nSPS) is 26.0. The summed E-state index contributed by atoms with van der Waals surface area (Å²) in [6.45, 7) is 3.80. The van der Waals surface area contributed by atoms with Gasteiger partial charge in [-0.1, -0.05) is 19.1 Å². The number of hydrogen-bond acceptors (Lipinski definition) is 6. The predicted octanol–water partition coefficient (Wildman–Crippen LogP) is 3.30. The van der Waals surface area contributed by atoms with Crippen molar-refractivity contribution in [2.75, 3.05) is 21.0 Å². The van der Waals surface area contributed by atoms with Gasteiger partial charge in [-0.25, -0.2) is 0 Å².